The molecular formula is C13H19NO2. The molecular weight excluding hydrogens is 202 g/mol. The van der Waals surface area contributed by atoms with Crippen molar-refractivity contribution in [3.8, 4) is 5.75 Å². The van der Waals surface area contributed by atoms with Crippen LogP contribution in [0, 0.1) is 0 Å². The molecule has 1 amide bonds. The van der Waals surface area contributed by atoms with Crippen LogP contribution in [-0.4, -0.2) is 17.6 Å². The van der Waals surface area contributed by atoms with E-state index in [1.807, 2.05) is 51.1 Å². The third-order valence-corrected chi connectivity index (χ3v) is 1.92. The number of benzene rings is 1. The minimum atomic E-state index is -0.485. The topological polar surface area (TPSA) is 38.3 Å². The SMILES string of the molecule is C[C@H](Oc1ccccc1)C(=O)NC(C)(C)C. The number of ether oxygens (including phenoxy) is 1. The number of para-hydroxylation sites is 1. The zero-order chi connectivity index (χ0) is 12.2. The van der Waals surface area contributed by atoms with Crippen molar-refractivity contribution in [2.75, 3.05) is 0 Å². The van der Waals surface area contributed by atoms with Crippen LogP contribution in [0.1, 0.15) is 27.7 Å². The van der Waals surface area contributed by atoms with E-state index in [9.17, 15) is 4.79 Å². The highest BCUT2D eigenvalue weighted by atomic mass is 16.5. The second-order valence-electron chi connectivity index (χ2n) is 4.81. The maximum Gasteiger partial charge on any atom is 0.261 e. The zero-order valence-corrected chi connectivity index (χ0v) is 10.3. The summed E-state index contributed by atoms with van der Waals surface area (Å²) in [5, 5.41) is 2.88. The molecule has 0 aliphatic carbocycles. The van der Waals surface area contributed by atoms with E-state index < -0.39 is 6.10 Å². The highest BCUT2D eigenvalue weighted by Crippen LogP contribution is 2.11. The van der Waals surface area contributed by atoms with Gasteiger partial charge in [-0.05, 0) is 39.8 Å². The average Bonchev–Trinajstić information content (AvgIpc) is 2.16. The first kappa shape index (κ1) is 12.6. The number of hydrogen-bond acceptors (Lipinski definition) is 2. The van der Waals surface area contributed by atoms with Gasteiger partial charge in [0.1, 0.15) is 5.75 Å². The minimum Gasteiger partial charge on any atom is -0.481 e. The van der Waals surface area contributed by atoms with Crippen molar-refractivity contribution in [3.05, 3.63) is 30.3 Å². The van der Waals surface area contributed by atoms with Crippen LogP contribution in [0.15, 0.2) is 30.3 Å². The van der Waals surface area contributed by atoms with Gasteiger partial charge in [0.25, 0.3) is 5.91 Å². The van der Waals surface area contributed by atoms with Crippen molar-refractivity contribution in [2.24, 2.45) is 0 Å². The first-order chi connectivity index (χ1) is 7.38. The van der Waals surface area contributed by atoms with Gasteiger partial charge in [-0.25, -0.2) is 0 Å². The van der Waals surface area contributed by atoms with Crippen molar-refractivity contribution in [1.82, 2.24) is 5.32 Å². The second-order valence-corrected chi connectivity index (χ2v) is 4.81. The quantitative estimate of drug-likeness (QED) is 0.851. The van der Waals surface area contributed by atoms with E-state index in [1.54, 1.807) is 6.92 Å². The molecule has 16 heavy (non-hydrogen) atoms. The fourth-order valence-corrected chi connectivity index (χ4v) is 1.23. The Balaban J connectivity index is 2.53. The lowest BCUT2D eigenvalue weighted by Crippen LogP contribution is -2.46. The lowest BCUT2D eigenvalue weighted by molar-refractivity contribution is -0.128. The maximum atomic E-state index is 11.7. The Labute approximate surface area is 96.8 Å². The van der Waals surface area contributed by atoms with Crippen LogP contribution >= 0.6 is 0 Å². The molecule has 0 bridgehead atoms. The second kappa shape index (κ2) is 5.01. The Morgan fingerprint density at radius 1 is 1.25 bits per heavy atom. The Bertz CT molecular complexity index is 341. The number of hydrogen-bond donors (Lipinski definition) is 1. The van der Waals surface area contributed by atoms with Crippen molar-refractivity contribution in [2.45, 2.75) is 39.3 Å². The zero-order valence-electron chi connectivity index (χ0n) is 10.3. The molecule has 0 heterocycles. The molecule has 1 rings (SSSR count). The summed E-state index contributed by atoms with van der Waals surface area (Å²) >= 11 is 0. The molecule has 0 aliphatic rings. The standard InChI is InChI=1S/C13H19NO2/c1-10(12(15)14-13(2,3)4)16-11-8-6-5-7-9-11/h5-10H,1-4H3,(H,14,15)/t10-/m0/s1. The predicted molar refractivity (Wildman–Crippen MR) is 64.4 cm³/mol. The van der Waals surface area contributed by atoms with Gasteiger partial charge >= 0.3 is 0 Å². The van der Waals surface area contributed by atoms with E-state index in [-0.39, 0.29) is 11.4 Å². The molecule has 1 aromatic rings. The number of rotatable bonds is 3. The number of carbonyl (C=O) groups is 1. The van der Waals surface area contributed by atoms with E-state index in [4.69, 9.17) is 4.74 Å². The third-order valence-electron chi connectivity index (χ3n) is 1.92. The van der Waals surface area contributed by atoms with Gasteiger partial charge in [0.15, 0.2) is 6.10 Å². The average molecular weight is 221 g/mol. The Kier molecular flexibility index (Phi) is 3.93. The molecule has 0 aliphatic heterocycles. The summed E-state index contributed by atoms with van der Waals surface area (Å²) in [6.45, 7) is 7.58. The monoisotopic (exact) mass is 221 g/mol. The summed E-state index contributed by atoms with van der Waals surface area (Å²) in [5.41, 5.74) is -0.231. The predicted octanol–water partition coefficient (Wildman–Crippen LogP) is 2.37. The lowest BCUT2D eigenvalue weighted by atomic mass is 10.1. The van der Waals surface area contributed by atoms with Crippen LogP contribution in [0.5, 0.6) is 5.75 Å². The van der Waals surface area contributed by atoms with E-state index >= 15 is 0 Å². The van der Waals surface area contributed by atoms with E-state index in [0.29, 0.717) is 5.75 Å². The fourth-order valence-electron chi connectivity index (χ4n) is 1.23. The minimum absolute atomic E-state index is 0.101. The molecule has 0 unspecified atom stereocenters. The normalized spacial score (nSPS) is 13.0. The van der Waals surface area contributed by atoms with Gasteiger partial charge in [-0.15, -0.1) is 0 Å². The Morgan fingerprint density at radius 2 is 1.81 bits per heavy atom. The summed E-state index contributed by atoms with van der Waals surface area (Å²) in [6, 6.07) is 9.34. The van der Waals surface area contributed by atoms with Crippen molar-refractivity contribution in [3.63, 3.8) is 0 Å². The summed E-state index contributed by atoms with van der Waals surface area (Å²) < 4.78 is 5.51. The van der Waals surface area contributed by atoms with E-state index in [0.717, 1.165) is 0 Å². The van der Waals surface area contributed by atoms with Gasteiger partial charge in [0, 0.05) is 5.54 Å². The van der Waals surface area contributed by atoms with E-state index in [1.165, 1.54) is 0 Å². The van der Waals surface area contributed by atoms with Gasteiger partial charge in [0.2, 0.25) is 0 Å². The molecule has 0 saturated carbocycles. The number of carbonyl (C=O) groups excluding carboxylic acids is 1. The van der Waals surface area contributed by atoms with Crippen LogP contribution < -0.4 is 10.1 Å². The van der Waals surface area contributed by atoms with Crippen LogP contribution in [0.4, 0.5) is 0 Å². The highest BCUT2D eigenvalue weighted by molar-refractivity contribution is 5.81. The van der Waals surface area contributed by atoms with Crippen molar-refractivity contribution >= 4 is 5.91 Å². The molecule has 1 aromatic carbocycles. The molecule has 3 nitrogen and oxygen atoms in total. The molecule has 0 spiro atoms. The summed E-state index contributed by atoms with van der Waals surface area (Å²) in [7, 11) is 0. The summed E-state index contributed by atoms with van der Waals surface area (Å²) in [6.07, 6.45) is -0.485. The molecule has 1 N–H and O–H groups in total. The number of nitrogens with one attached hydrogen (secondary N) is 1. The Morgan fingerprint density at radius 3 is 2.31 bits per heavy atom. The largest absolute Gasteiger partial charge is 0.481 e. The molecule has 0 fully saturated rings. The van der Waals surface area contributed by atoms with E-state index in [2.05, 4.69) is 5.32 Å². The van der Waals surface area contributed by atoms with Gasteiger partial charge in [-0.2, -0.15) is 0 Å². The Hall–Kier alpha value is -1.51. The van der Waals surface area contributed by atoms with Crippen LogP contribution in [-0.2, 0) is 4.79 Å². The smallest absolute Gasteiger partial charge is 0.261 e. The van der Waals surface area contributed by atoms with Gasteiger partial charge in [-0.1, -0.05) is 18.2 Å². The molecule has 0 radical (unpaired) electrons. The fraction of sp³-hybridized carbons (Fsp3) is 0.462. The van der Waals surface area contributed by atoms with Crippen LogP contribution in [0.25, 0.3) is 0 Å². The molecule has 1 atom stereocenters. The molecule has 3 heteroatoms. The van der Waals surface area contributed by atoms with Crippen molar-refractivity contribution < 1.29 is 9.53 Å². The molecule has 0 saturated heterocycles. The molecule has 88 valence electrons. The van der Waals surface area contributed by atoms with Crippen LogP contribution in [0.2, 0.25) is 0 Å². The van der Waals surface area contributed by atoms with Gasteiger partial charge in [-0.3, -0.25) is 4.79 Å². The number of amides is 1. The van der Waals surface area contributed by atoms with Crippen molar-refractivity contribution in [1.29, 1.82) is 0 Å². The maximum absolute atomic E-state index is 11.7. The summed E-state index contributed by atoms with van der Waals surface area (Å²) in [5.74, 6) is 0.607. The van der Waals surface area contributed by atoms with Gasteiger partial charge in [0.05, 0.1) is 0 Å². The van der Waals surface area contributed by atoms with Crippen LogP contribution in [0.3, 0.4) is 0 Å². The lowest BCUT2D eigenvalue weighted by Gasteiger charge is -2.23. The summed E-state index contributed by atoms with van der Waals surface area (Å²) in [4.78, 5) is 11.7. The third kappa shape index (κ3) is 4.34. The molecule has 0 aromatic heterocycles. The first-order valence-corrected chi connectivity index (χ1v) is 5.42. The highest BCUT2D eigenvalue weighted by Gasteiger charge is 2.20. The first-order valence-electron chi connectivity index (χ1n) is 5.42. The van der Waals surface area contributed by atoms with Gasteiger partial charge < -0.3 is 10.1 Å².